The summed E-state index contributed by atoms with van der Waals surface area (Å²) in [4.78, 5) is 12.1. The maximum absolute atomic E-state index is 14.3. The van der Waals surface area contributed by atoms with Crippen LogP contribution in [0.15, 0.2) is 53.4 Å². The molecule has 2 aromatic rings. The topological polar surface area (TPSA) is 66.5 Å². The van der Waals surface area contributed by atoms with Crippen molar-refractivity contribution in [1.29, 1.82) is 0 Å². The molecule has 27 heavy (non-hydrogen) atoms. The van der Waals surface area contributed by atoms with E-state index >= 15 is 0 Å². The number of sulfonamides is 1. The van der Waals surface area contributed by atoms with Crippen LogP contribution in [0.4, 0.5) is 4.39 Å². The number of hydrogen-bond acceptors (Lipinski definition) is 3. The van der Waals surface area contributed by atoms with Gasteiger partial charge in [0.05, 0.1) is 6.04 Å². The zero-order chi connectivity index (χ0) is 19.4. The Kier molecular flexibility index (Phi) is 5.92. The van der Waals surface area contributed by atoms with Crippen LogP contribution >= 0.6 is 0 Å². The minimum absolute atomic E-state index is 0.120. The van der Waals surface area contributed by atoms with Crippen LogP contribution in [0.2, 0.25) is 0 Å². The van der Waals surface area contributed by atoms with Crippen LogP contribution in [0.1, 0.15) is 48.1 Å². The van der Waals surface area contributed by atoms with E-state index in [4.69, 9.17) is 0 Å². The van der Waals surface area contributed by atoms with Gasteiger partial charge in [-0.1, -0.05) is 36.8 Å². The number of hydrogen-bond donors (Lipinski definition) is 1. The highest BCUT2D eigenvalue weighted by atomic mass is 32.2. The summed E-state index contributed by atoms with van der Waals surface area (Å²) in [6.07, 6.45) is 2.49. The molecule has 2 aromatic carbocycles. The molecular weight excluding hydrogens is 367 g/mol. The first-order valence-electron chi connectivity index (χ1n) is 9.05. The highest BCUT2D eigenvalue weighted by molar-refractivity contribution is 7.89. The van der Waals surface area contributed by atoms with Gasteiger partial charge in [0.2, 0.25) is 10.0 Å². The molecule has 1 heterocycles. The number of nitrogens with one attached hydrogen (secondary N) is 1. The van der Waals surface area contributed by atoms with Crippen molar-refractivity contribution in [1.82, 2.24) is 9.62 Å². The number of halogens is 1. The molecule has 1 N–H and O–H groups in total. The van der Waals surface area contributed by atoms with Crippen molar-refractivity contribution < 1.29 is 17.6 Å². The first-order chi connectivity index (χ1) is 12.9. The summed E-state index contributed by atoms with van der Waals surface area (Å²) < 4.78 is 41.1. The number of amides is 1. The van der Waals surface area contributed by atoms with Gasteiger partial charge in [-0.25, -0.2) is 12.8 Å². The molecule has 1 fully saturated rings. The Labute approximate surface area is 159 Å². The van der Waals surface area contributed by atoms with E-state index < -0.39 is 26.6 Å². The number of carbonyl (C=O) groups excluding carboxylic acids is 1. The van der Waals surface area contributed by atoms with Gasteiger partial charge in [-0.15, -0.1) is 0 Å². The second kappa shape index (κ2) is 8.19. The molecule has 1 amide bonds. The standard InChI is InChI=1S/C20H23FN2O3S/c1-15(16-8-4-2-5-9-16)22-20(24)17-10-11-18(21)19(14-17)27(25,26)23-12-6-3-7-13-23/h2,4-5,8-11,14-15H,3,6-7,12-13H2,1H3,(H,22,24). The van der Waals surface area contributed by atoms with Crippen molar-refractivity contribution in [3.63, 3.8) is 0 Å². The van der Waals surface area contributed by atoms with Crippen LogP contribution in [0.5, 0.6) is 0 Å². The summed E-state index contributed by atoms with van der Waals surface area (Å²) in [5.41, 5.74) is 1.05. The third-order valence-corrected chi connectivity index (χ3v) is 6.69. The predicted molar refractivity (Wildman–Crippen MR) is 101 cm³/mol. The van der Waals surface area contributed by atoms with Gasteiger partial charge in [-0.05, 0) is 43.5 Å². The molecule has 0 bridgehead atoms. The maximum Gasteiger partial charge on any atom is 0.251 e. The summed E-state index contributed by atoms with van der Waals surface area (Å²) in [6, 6.07) is 12.6. The average molecular weight is 390 g/mol. The van der Waals surface area contributed by atoms with E-state index in [1.165, 1.54) is 10.4 Å². The first kappa shape index (κ1) is 19.5. The SMILES string of the molecule is CC(NC(=O)c1ccc(F)c(S(=O)(=O)N2CCCCC2)c1)c1ccccc1. The van der Waals surface area contributed by atoms with E-state index in [9.17, 15) is 17.6 Å². The number of nitrogens with zero attached hydrogens (tertiary/aromatic N) is 1. The smallest absolute Gasteiger partial charge is 0.251 e. The highest BCUT2D eigenvalue weighted by Gasteiger charge is 2.29. The lowest BCUT2D eigenvalue weighted by Crippen LogP contribution is -2.36. The van der Waals surface area contributed by atoms with Gasteiger partial charge in [0, 0.05) is 18.7 Å². The van der Waals surface area contributed by atoms with E-state index in [0.717, 1.165) is 37.0 Å². The van der Waals surface area contributed by atoms with Gasteiger partial charge in [0.15, 0.2) is 0 Å². The van der Waals surface area contributed by atoms with E-state index in [0.29, 0.717) is 13.1 Å². The average Bonchev–Trinajstić information content (AvgIpc) is 2.69. The van der Waals surface area contributed by atoms with E-state index in [2.05, 4.69) is 5.32 Å². The number of carbonyl (C=O) groups is 1. The van der Waals surface area contributed by atoms with Crippen molar-refractivity contribution in [3.05, 3.63) is 65.5 Å². The molecule has 7 heteroatoms. The van der Waals surface area contributed by atoms with Crippen LogP contribution in [0, 0.1) is 5.82 Å². The number of rotatable bonds is 5. The molecule has 144 valence electrons. The lowest BCUT2D eigenvalue weighted by Gasteiger charge is -2.26. The van der Waals surface area contributed by atoms with Crippen molar-refractivity contribution in [2.45, 2.75) is 37.1 Å². The Morgan fingerprint density at radius 1 is 1.07 bits per heavy atom. The highest BCUT2D eigenvalue weighted by Crippen LogP contribution is 2.24. The molecule has 0 saturated carbocycles. The normalized spacial score (nSPS) is 16.7. The zero-order valence-corrected chi connectivity index (χ0v) is 16.0. The Balaban J connectivity index is 1.83. The van der Waals surface area contributed by atoms with Gasteiger partial charge in [0.25, 0.3) is 5.91 Å². The minimum atomic E-state index is -3.95. The summed E-state index contributed by atoms with van der Waals surface area (Å²) in [5, 5.41) is 2.82. The van der Waals surface area contributed by atoms with Crippen molar-refractivity contribution >= 4 is 15.9 Å². The summed E-state index contributed by atoms with van der Waals surface area (Å²) in [7, 11) is -3.95. The summed E-state index contributed by atoms with van der Waals surface area (Å²) in [5.74, 6) is -1.28. The molecule has 0 radical (unpaired) electrons. The van der Waals surface area contributed by atoms with Crippen LogP contribution in [-0.4, -0.2) is 31.7 Å². The van der Waals surface area contributed by atoms with Crippen LogP contribution < -0.4 is 5.32 Å². The fourth-order valence-electron chi connectivity index (χ4n) is 3.19. The van der Waals surface area contributed by atoms with Crippen LogP contribution in [0.25, 0.3) is 0 Å². The minimum Gasteiger partial charge on any atom is -0.346 e. The van der Waals surface area contributed by atoms with Crippen LogP contribution in [-0.2, 0) is 10.0 Å². The molecular formula is C20H23FN2O3S. The summed E-state index contributed by atoms with van der Waals surface area (Å²) in [6.45, 7) is 2.59. The molecule has 3 rings (SSSR count). The first-order valence-corrected chi connectivity index (χ1v) is 10.5. The van der Waals surface area contributed by atoms with E-state index in [1.807, 2.05) is 37.3 Å². The number of benzene rings is 2. The van der Waals surface area contributed by atoms with Gasteiger partial charge in [-0.3, -0.25) is 4.79 Å². The molecule has 1 aliphatic heterocycles. The van der Waals surface area contributed by atoms with E-state index in [1.54, 1.807) is 0 Å². The predicted octanol–water partition coefficient (Wildman–Crippen LogP) is 3.49. The number of piperidine rings is 1. The monoisotopic (exact) mass is 390 g/mol. The quantitative estimate of drug-likeness (QED) is 0.850. The second-order valence-corrected chi connectivity index (χ2v) is 8.62. The van der Waals surface area contributed by atoms with Gasteiger partial charge < -0.3 is 5.32 Å². The van der Waals surface area contributed by atoms with Crippen molar-refractivity contribution in [2.75, 3.05) is 13.1 Å². The largest absolute Gasteiger partial charge is 0.346 e. The van der Waals surface area contributed by atoms with Gasteiger partial charge in [-0.2, -0.15) is 4.31 Å². The molecule has 0 spiro atoms. The second-order valence-electron chi connectivity index (χ2n) is 6.72. The zero-order valence-electron chi connectivity index (χ0n) is 15.2. The lowest BCUT2D eigenvalue weighted by molar-refractivity contribution is 0.0939. The molecule has 5 nitrogen and oxygen atoms in total. The Morgan fingerprint density at radius 3 is 2.41 bits per heavy atom. The van der Waals surface area contributed by atoms with Gasteiger partial charge in [0.1, 0.15) is 10.7 Å². The third kappa shape index (κ3) is 4.36. The van der Waals surface area contributed by atoms with Crippen molar-refractivity contribution in [3.8, 4) is 0 Å². The molecule has 1 unspecified atom stereocenters. The van der Waals surface area contributed by atoms with E-state index in [-0.39, 0.29) is 11.6 Å². The van der Waals surface area contributed by atoms with Crippen LogP contribution in [0.3, 0.4) is 0 Å². The fourth-order valence-corrected chi connectivity index (χ4v) is 4.80. The lowest BCUT2D eigenvalue weighted by atomic mass is 10.1. The molecule has 1 saturated heterocycles. The Bertz CT molecular complexity index is 910. The molecule has 1 aliphatic rings. The van der Waals surface area contributed by atoms with Gasteiger partial charge >= 0.3 is 0 Å². The molecule has 0 aliphatic carbocycles. The summed E-state index contributed by atoms with van der Waals surface area (Å²) >= 11 is 0. The molecule has 1 atom stereocenters. The maximum atomic E-state index is 14.3. The molecule has 0 aromatic heterocycles. The Morgan fingerprint density at radius 2 is 1.74 bits per heavy atom. The van der Waals surface area contributed by atoms with Crippen molar-refractivity contribution in [2.24, 2.45) is 0 Å². The fraction of sp³-hybridized carbons (Fsp3) is 0.350. The third-order valence-electron chi connectivity index (χ3n) is 4.77. The Hall–Kier alpha value is -2.25.